The zero-order valence-corrected chi connectivity index (χ0v) is 14.0. The van der Waals surface area contributed by atoms with Gasteiger partial charge in [0, 0.05) is 48.7 Å². The normalized spacial score (nSPS) is 18.2. The van der Waals surface area contributed by atoms with Gasteiger partial charge in [-0.05, 0) is 31.4 Å². The van der Waals surface area contributed by atoms with Crippen LogP contribution >= 0.6 is 0 Å². The lowest BCUT2D eigenvalue weighted by Gasteiger charge is -2.35. The minimum Gasteiger partial charge on any atom is -0.358 e. The lowest BCUT2D eigenvalue weighted by atomic mass is 10.1. The molecular weight excluding hydrogens is 302 g/mol. The highest BCUT2D eigenvalue weighted by molar-refractivity contribution is 5.90. The van der Waals surface area contributed by atoms with Crippen LogP contribution in [0.25, 0.3) is 10.9 Å². The molecular formula is C19H23N3O2. The van der Waals surface area contributed by atoms with E-state index in [0.29, 0.717) is 32.6 Å². The van der Waals surface area contributed by atoms with E-state index in [4.69, 9.17) is 0 Å². The van der Waals surface area contributed by atoms with E-state index in [1.54, 1.807) is 0 Å². The molecule has 0 bridgehead atoms. The van der Waals surface area contributed by atoms with Crippen molar-refractivity contribution in [1.82, 2.24) is 14.8 Å². The lowest BCUT2D eigenvalue weighted by molar-refractivity contribution is -0.139. The van der Waals surface area contributed by atoms with E-state index < -0.39 is 0 Å². The van der Waals surface area contributed by atoms with Crippen molar-refractivity contribution < 1.29 is 9.59 Å². The Morgan fingerprint density at radius 1 is 1.08 bits per heavy atom. The van der Waals surface area contributed by atoms with E-state index in [0.717, 1.165) is 35.0 Å². The Kier molecular flexibility index (Phi) is 3.79. The molecule has 126 valence electrons. The summed E-state index contributed by atoms with van der Waals surface area (Å²) >= 11 is 0. The molecule has 1 N–H and O–H groups in total. The fourth-order valence-electron chi connectivity index (χ4n) is 3.59. The van der Waals surface area contributed by atoms with Gasteiger partial charge in [0.05, 0.1) is 6.42 Å². The molecule has 0 radical (unpaired) electrons. The highest BCUT2D eigenvalue weighted by Crippen LogP contribution is 2.31. The van der Waals surface area contributed by atoms with Crippen LogP contribution < -0.4 is 0 Å². The molecule has 1 aromatic carbocycles. The van der Waals surface area contributed by atoms with E-state index in [1.165, 1.54) is 0 Å². The molecule has 5 heteroatoms. The highest BCUT2D eigenvalue weighted by Gasteiger charge is 2.35. The third-order valence-corrected chi connectivity index (χ3v) is 5.23. The van der Waals surface area contributed by atoms with Crippen molar-refractivity contribution >= 4 is 22.7 Å². The van der Waals surface area contributed by atoms with E-state index >= 15 is 0 Å². The number of fused-ring (bicyclic) bond motifs is 1. The van der Waals surface area contributed by atoms with Crippen molar-refractivity contribution in [3.8, 4) is 0 Å². The third-order valence-electron chi connectivity index (χ3n) is 5.23. The number of hydrogen-bond donors (Lipinski definition) is 1. The number of para-hydroxylation sites is 1. The molecule has 2 heterocycles. The maximum Gasteiger partial charge on any atom is 0.227 e. The predicted octanol–water partition coefficient (Wildman–Crippen LogP) is 2.10. The number of carbonyl (C=O) groups excluding carboxylic acids is 2. The number of hydrogen-bond acceptors (Lipinski definition) is 2. The molecule has 0 unspecified atom stereocenters. The Labute approximate surface area is 141 Å². The minimum absolute atomic E-state index is 0.154. The molecule has 2 fully saturated rings. The molecule has 0 spiro atoms. The average molecular weight is 325 g/mol. The molecule has 4 rings (SSSR count). The number of H-pyrrole nitrogens is 1. The fraction of sp³-hybridized carbons (Fsp3) is 0.474. The van der Waals surface area contributed by atoms with Gasteiger partial charge in [-0.3, -0.25) is 9.59 Å². The molecule has 1 saturated carbocycles. The van der Waals surface area contributed by atoms with Gasteiger partial charge in [-0.2, -0.15) is 0 Å². The van der Waals surface area contributed by atoms with Gasteiger partial charge >= 0.3 is 0 Å². The first-order valence-electron chi connectivity index (χ1n) is 8.76. The topological polar surface area (TPSA) is 56.4 Å². The predicted molar refractivity (Wildman–Crippen MR) is 92.6 cm³/mol. The molecule has 24 heavy (non-hydrogen) atoms. The largest absolute Gasteiger partial charge is 0.358 e. The van der Waals surface area contributed by atoms with Gasteiger partial charge in [-0.15, -0.1) is 0 Å². The molecule has 1 aromatic heterocycles. The summed E-state index contributed by atoms with van der Waals surface area (Å²) in [5, 5.41) is 1.13. The number of amides is 2. The number of nitrogens with one attached hydrogen (secondary N) is 1. The van der Waals surface area contributed by atoms with Gasteiger partial charge in [0.1, 0.15) is 0 Å². The summed E-state index contributed by atoms with van der Waals surface area (Å²) < 4.78 is 0. The number of nitrogens with zero attached hydrogens (tertiary/aromatic N) is 2. The van der Waals surface area contributed by atoms with Gasteiger partial charge < -0.3 is 14.8 Å². The molecule has 1 saturated heterocycles. The minimum atomic E-state index is 0.154. The SMILES string of the molecule is Cc1[nH]c2ccccc2c1CC(=O)N1CCN(C(=O)C2CC2)CC1. The second-order valence-corrected chi connectivity index (χ2v) is 6.93. The smallest absolute Gasteiger partial charge is 0.227 e. The van der Waals surface area contributed by atoms with Crippen LogP contribution in [0.1, 0.15) is 24.1 Å². The van der Waals surface area contributed by atoms with Crippen LogP contribution in [0.3, 0.4) is 0 Å². The Hall–Kier alpha value is -2.30. The standard InChI is InChI=1S/C19H23N3O2/c1-13-16(15-4-2-3-5-17(15)20-13)12-18(23)21-8-10-22(11-9-21)19(24)14-6-7-14/h2-5,14,20H,6-12H2,1H3. The number of piperazine rings is 1. The number of aromatic nitrogens is 1. The third kappa shape index (κ3) is 2.79. The van der Waals surface area contributed by atoms with Crippen LogP contribution in [0.4, 0.5) is 0 Å². The number of aryl methyl sites for hydroxylation is 1. The van der Waals surface area contributed by atoms with Crippen LogP contribution in [-0.2, 0) is 16.0 Å². The van der Waals surface area contributed by atoms with E-state index in [2.05, 4.69) is 11.1 Å². The molecule has 1 aliphatic carbocycles. The van der Waals surface area contributed by atoms with Crippen LogP contribution in [-0.4, -0.2) is 52.8 Å². The van der Waals surface area contributed by atoms with Crippen LogP contribution in [0, 0.1) is 12.8 Å². The summed E-state index contributed by atoms with van der Waals surface area (Å²) in [6, 6.07) is 8.11. The monoisotopic (exact) mass is 325 g/mol. The first-order chi connectivity index (χ1) is 11.6. The van der Waals surface area contributed by atoms with Crippen molar-refractivity contribution in [2.24, 2.45) is 5.92 Å². The summed E-state index contributed by atoms with van der Waals surface area (Å²) in [6.07, 6.45) is 2.50. The average Bonchev–Trinajstić information content (AvgIpc) is 3.40. The van der Waals surface area contributed by atoms with Crippen molar-refractivity contribution in [1.29, 1.82) is 0 Å². The van der Waals surface area contributed by atoms with E-state index in [-0.39, 0.29) is 17.7 Å². The Morgan fingerprint density at radius 3 is 2.46 bits per heavy atom. The first-order valence-corrected chi connectivity index (χ1v) is 8.76. The zero-order chi connectivity index (χ0) is 16.7. The van der Waals surface area contributed by atoms with Gasteiger partial charge in [-0.1, -0.05) is 18.2 Å². The van der Waals surface area contributed by atoms with E-state index in [1.807, 2.05) is 34.9 Å². The van der Waals surface area contributed by atoms with Gasteiger partial charge in [0.2, 0.25) is 11.8 Å². The molecule has 0 atom stereocenters. The zero-order valence-electron chi connectivity index (χ0n) is 14.0. The molecule has 2 aliphatic rings. The Morgan fingerprint density at radius 2 is 1.75 bits per heavy atom. The number of aromatic amines is 1. The highest BCUT2D eigenvalue weighted by atomic mass is 16.2. The van der Waals surface area contributed by atoms with Crippen molar-refractivity contribution in [2.75, 3.05) is 26.2 Å². The van der Waals surface area contributed by atoms with Crippen molar-refractivity contribution in [2.45, 2.75) is 26.2 Å². The molecule has 1 aliphatic heterocycles. The van der Waals surface area contributed by atoms with Gasteiger partial charge in [-0.25, -0.2) is 0 Å². The van der Waals surface area contributed by atoms with Crippen LogP contribution in [0.2, 0.25) is 0 Å². The fourth-order valence-corrected chi connectivity index (χ4v) is 3.59. The number of carbonyl (C=O) groups is 2. The maximum absolute atomic E-state index is 12.7. The van der Waals surface area contributed by atoms with Crippen LogP contribution in [0.15, 0.2) is 24.3 Å². The van der Waals surface area contributed by atoms with Crippen molar-refractivity contribution in [3.63, 3.8) is 0 Å². The number of rotatable bonds is 3. The summed E-state index contributed by atoms with van der Waals surface area (Å²) in [5.41, 5.74) is 3.23. The molecule has 5 nitrogen and oxygen atoms in total. The van der Waals surface area contributed by atoms with Gasteiger partial charge in [0.25, 0.3) is 0 Å². The van der Waals surface area contributed by atoms with Crippen LogP contribution in [0.5, 0.6) is 0 Å². The Balaban J connectivity index is 1.41. The summed E-state index contributed by atoms with van der Waals surface area (Å²) in [6.45, 7) is 4.67. The van der Waals surface area contributed by atoms with Crippen molar-refractivity contribution in [3.05, 3.63) is 35.5 Å². The van der Waals surface area contributed by atoms with Gasteiger partial charge in [0.15, 0.2) is 0 Å². The lowest BCUT2D eigenvalue weighted by Crippen LogP contribution is -2.51. The summed E-state index contributed by atoms with van der Waals surface area (Å²) in [5.74, 6) is 0.706. The number of benzene rings is 1. The Bertz CT molecular complexity index is 783. The summed E-state index contributed by atoms with van der Waals surface area (Å²) in [7, 11) is 0. The molecule has 2 amide bonds. The quantitative estimate of drug-likeness (QED) is 0.939. The second-order valence-electron chi connectivity index (χ2n) is 6.93. The maximum atomic E-state index is 12.7. The second kappa shape index (κ2) is 5.96. The molecule has 2 aromatic rings. The first kappa shape index (κ1) is 15.2. The summed E-state index contributed by atoms with van der Waals surface area (Å²) in [4.78, 5) is 32.0. The van der Waals surface area contributed by atoms with E-state index in [9.17, 15) is 9.59 Å².